The Labute approximate surface area is 150 Å². The minimum absolute atomic E-state index is 0.0717. The van der Waals surface area contributed by atoms with Gasteiger partial charge in [-0.05, 0) is 12.1 Å². The first-order chi connectivity index (χ1) is 12.6. The Bertz CT molecular complexity index is 968. The summed E-state index contributed by atoms with van der Waals surface area (Å²) in [6.45, 7) is 0. The minimum atomic E-state index is -5.24. The lowest BCUT2D eigenvalue weighted by atomic mass is 10.2. The molecule has 148 valence electrons. The van der Waals surface area contributed by atoms with Crippen LogP contribution in [0.15, 0.2) is 17.0 Å². The topological polar surface area (TPSA) is 73.9 Å². The Kier molecular flexibility index (Phi) is 5.68. The van der Waals surface area contributed by atoms with Gasteiger partial charge in [-0.3, -0.25) is 4.72 Å². The number of anilines is 1. The van der Waals surface area contributed by atoms with Gasteiger partial charge in [-0.1, -0.05) is 0 Å². The number of rotatable bonds is 6. The monoisotopic (exact) mass is 413 g/mol. The van der Waals surface area contributed by atoms with Crippen LogP contribution >= 0.6 is 0 Å². The van der Waals surface area contributed by atoms with Gasteiger partial charge in [-0.25, -0.2) is 30.4 Å². The number of benzene rings is 2. The first-order valence-electron chi connectivity index (χ1n) is 6.93. The van der Waals surface area contributed by atoms with Gasteiger partial charge in [-0.2, -0.15) is 0 Å². The van der Waals surface area contributed by atoms with Gasteiger partial charge in [0.25, 0.3) is 10.0 Å². The summed E-state index contributed by atoms with van der Waals surface area (Å²) in [6, 6.07) is 2.32. The summed E-state index contributed by atoms with van der Waals surface area (Å²) in [5.41, 5.74) is -0.390. The van der Waals surface area contributed by atoms with Crippen LogP contribution in [-0.4, -0.2) is 29.7 Å². The molecule has 0 fully saturated rings. The fourth-order valence-electron chi connectivity index (χ4n) is 2.20. The molecular weight excluding hydrogens is 401 g/mol. The van der Waals surface area contributed by atoms with Crippen molar-refractivity contribution in [1.29, 1.82) is 0 Å². The van der Waals surface area contributed by atoms with E-state index in [1.165, 1.54) is 20.3 Å². The lowest BCUT2D eigenvalue weighted by Crippen LogP contribution is -2.20. The molecule has 27 heavy (non-hydrogen) atoms. The normalized spacial score (nSPS) is 11.3. The van der Waals surface area contributed by atoms with Gasteiger partial charge in [0, 0.05) is 0 Å². The van der Waals surface area contributed by atoms with Crippen LogP contribution in [0.25, 0.3) is 0 Å². The SMILES string of the molecule is COc1ccc(NS(=O)(=O)c2c(F)c(F)c(F)c(F)c2F)c(OC)c1OC. The summed E-state index contributed by atoms with van der Waals surface area (Å²) in [6.07, 6.45) is 0. The molecule has 0 aromatic heterocycles. The summed E-state index contributed by atoms with van der Waals surface area (Å²) in [7, 11) is -1.61. The van der Waals surface area contributed by atoms with Crippen LogP contribution in [-0.2, 0) is 10.0 Å². The number of sulfonamides is 1. The van der Waals surface area contributed by atoms with Gasteiger partial charge in [-0.15, -0.1) is 0 Å². The summed E-state index contributed by atoms with van der Waals surface area (Å²) < 4.78 is 109. The molecule has 0 saturated carbocycles. The molecule has 1 N–H and O–H groups in total. The molecule has 2 rings (SSSR count). The number of hydrogen-bond acceptors (Lipinski definition) is 5. The molecule has 0 radical (unpaired) electrons. The maximum Gasteiger partial charge on any atom is 0.268 e. The van der Waals surface area contributed by atoms with Crippen molar-refractivity contribution < 1.29 is 44.6 Å². The molecule has 0 aliphatic heterocycles. The van der Waals surface area contributed by atoms with Crippen LogP contribution in [0.5, 0.6) is 17.2 Å². The highest BCUT2D eigenvalue weighted by molar-refractivity contribution is 7.92. The molecule has 0 amide bonds. The average Bonchev–Trinajstić information content (AvgIpc) is 2.63. The van der Waals surface area contributed by atoms with Gasteiger partial charge in [0.05, 0.1) is 27.0 Å². The highest BCUT2D eigenvalue weighted by atomic mass is 32.2. The zero-order valence-corrected chi connectivity index (χ0v) is 14.8. The van der Waals surface area contributed by atoms with Crippen LogP contribution in [0.4, 0.5) is 27.6 Å². The summed E-state index contributed by atoms with van der Waals surface area (Å²) in [5.74, 6) is -12.5. The number of halogens is 5. The zero-order valence-electron chi connectivity index (χ0n) is 14.0. The van der Waals surface area contributed by atoms with Gasteiger partial charge in [0.15, 0.2) is 39.7 Å². The average molecular weight is 413 g/mol. The third kappa shape index (κ3) is 3.44. The fourth-order valence-corrected chi connectivity index (χ4v) is 3.40. The van der Waals surface area contributed by atoms with Gasteiger partial charge >= 0.3 is 0 Å². The zero-order chi connectivity index (χ0) is 20.5. The van der Waals surface area contributed by atoms with E-state index < -0.39 is 44.0 Å². The molecule has 2 aromatic rings. The van der Waals surface area contributed by atoms with Crippen molar-refractivity contribution >= 4 is 15.7 Å². The molecule has 0 atom stereocenters. The van der Waals surface area contributed by atoms with Crippen LogP contribution in [0.2, 0.25) is 0 Å². The van der Waals surface area contributed by atoms with E-state index in [0.717, 1.165) is 13.2 Å². The lowest BCUT2D eigenvalue weighted by Gasteiger charge is -2.17. The second-order valence-corrected chi connectivity index (χ2v) is 6.51. The van der Waals surface area contributed by atoms with Crippen molar-refractivity contribution in [3.63, 3.8) is 0 Å². The van der Waals surface area contributed by atoms with Crippen molar-refractivity contribution in [2.75, 3.05) is 26.1 Å². The molecule has 0 aliphatic carbocycles. The van der Waals surface area contributed by atoms with Gasteiger partial charge in [0.2, 0.25) is 11.6 Å². The molecule has 12 heteroatoms. The molecular formula is C15H12F5NO5S. The van der Waals surface area contributed by atoms with Crippen LogP contribution in [0, 0.1) is 29.1 Å². The Morgan fingerprint density at radius 1 is 0.741 bits per heavy atom. The Balaban J connectivity index is 2.66. The van der Waals surface area contributed by atoms with E-state index in [0.29, 0.717) is 0 Å². The Morgan fingerprint density at radius 3 is 1.67 bits per heavy atom. The fraction of sp³-hybridized carbons (Fsp3) is 0.200. The number of hydrogen-bond donors (Lipinski definition) is 1. The van der Waals surface area contributed by atoms with Crippen molar-refractivity contribution in [3.05, 3.63) is 41.2 Å². The Hall–Kier alpha value is -2.76. The Morgan fingerprint density at radius 2 is 1.22 bits per heavy atom. The quantitative estimate of drug-likeness (QED) is 0.447. The van der Waals surface area contributed by atoms with Crippen molar-refractivity contribution in [3.8, 4) is 17.2 Å². The van der Waals surface area contributed by atoms with Gasteiger partial charge in [0.1, 0.15) is 0 Å². The molecule has 6 nitrogen and oxygen atoms in total. The first-order valence-corrected chi connectivity index (χ1v) is 8.42. The highest BCUT2D eigenvalue weighted by Gasteiger charge is 2.34. The number of nitrogens with one attached hydrogen (secondary N) is 1. The third-order valence-corrected chi connectivity index (χ3v) is 4.77. The summed E-state index contributed by atoms with van der Waals surface area (Å²) in [4.78, 5) is -2.03. The maximum atomic E-state index is 13.8. The van der Waals surface area contributed by atoms with E-state index in [-0.39, 0.29) is 22.9 Å². The van der Waals surface area contributed by atoms with Crippen molar-refractivity contribution in [2.45, 2.75) is 4.90 Å². The molecule has 0 unspecified atom stereocenters. The van der Waals surface area contributed by atoms with Crippen molar-refractivity contribution in [2.24, 2.45) is 0 Å². The largest absolute Gasteiger partial charge is 0.493 e. The van der Waals surface area contributed by atoms with Crippen molar-refractivity contribution in [1.82, 2.24) is 0 Å². The van der Waals surface area contributed by atoms with Crippen LogP contribution in [0.3, 0.4) is 0 Å². The van der Waals surface area contributed by atoms with E-state index in [1.807, 2.05) is 0 Å². The van der Waals surface area contributed by atoms with E-state index in [9.17, 15) is 30.4 Å². The number of ether oxygens (including phenoxy) is 3. The maximum absolute atomic E-state index is 13.8. The van der Waals surface area contributed by atoms with E-state index in [2.05, 4.69) is 0 Å². The molecule has 0 saturated heterocycles. The first kappa shape index (κ1) is 20.6. The molecule has 0 aliphatic rings. The van der Waals surface area contributed by atoms with Crippen LogP contribution in [0.1, 0.15) is 0 Å². The minimum Gasteiger partial charge on any atom is -0.493 e. The molecule has 2 aromatic carbocycles. The molecule has 0 bridgehead atoms. The second-order valence-electron chi connectivity index (χ2n) is 4.89. The van der Waals surface area contributed by atoms with Gasteiger partial charge < -0.3 is 14.2 Å². The number of methoxy groups -OCH3 is 3. The highest BCUT2D eigenvalue weighted by Crippen LogP contribution is 2.43. The molecule has 0 spiro atoms. The van der Waals surface area contributed by atoms with E-state index in [1.54, 1.807) is 4.72 Å². The molecule has 0 heterocycles. The smallest absolute Gasteiger partial charge is 0.268 e. The third-order valence-electron chi connectivity index (χ3n) is 3.39. The standard InChI is InChI=1S/C15H12F5NO5S/c1-24-7-5-4-6(13(25-2)14(7)26-3)21-27(22,23)15-11(19)9(17)8(16)10(18)12(15)20/h4-5,21H,1-3H3. The summed E-state index contributed by atoms with van der Waals surface area (Å²) >= 11 is 0. The summed E-state index contributed by atoms with van der Waals surface area (Å²) in [5, 5.41) is 0. The lowest BCUT2D eigenvalue weighted by molar-refractivity contribution is 0.325. The van der Waals surface area contributed by atoms with E-state index in [4.69, 9.17) is 14.2 Å². The van der Waals surface area contributed by atoms with Crippen LogP contribution < -0.4 is 18.9 Å². The predicted octanol–water partition coefficient (Wildman–Crippen LogP) is 3.21. The van der Waals surface area contributed by atoms with E-state index >= 15 is 0 Å². The predicted molar refractivity (Wildman–Crippen MR) is 83.1 cm³/mol. The second kappa shape index (κ2) is 7.47.